The van der Waals surface area contributed by atoms with Gasteiger partial charge >= 0.3 is 0 Å². The highest BCUT2D eigenvalue weighted by molar-refractivity contribution is 5.60. The Morgan fingerprint density at radius 2 is 2.00 bits per heavy atom. The lowest BCUT2D eigenvalue weighted by atomic mass is 10.5. The molecule has 0 amide bonds. The SMILES string of the molecule is Nc1nc(N)c(NCCO)[n+]([O-])c1N. The molecule has 0 aliphatic rings. The number of nitrogen functional groups attached to an aromatic ring is 3. The molecule has 8 N–H and O–H groups in total. The lowest BCUT2D eigenvalue weighted by molar-refractivity contribution is -0.573. The van der Waals surface area contributed by atoms with Gasteiger partial charge in [-0.1, -0.05) is 0 Å². The van der Waals surface area contributed by atoms with Crippen LogP contribution in [0.5, 0.6) is 0 Å². The van der Waals surface area contributed by atoms with E-state index in [0.717, 1.165) is 0 Å². The Kier molecular flexibility index (Phi) is 2.77. The minimum absolute atomic E-state index is 0.00856. The van der Waals surface area contributed by atoms with Gasteiger partial charge in [0.1, 0.15) is 0 Å². The molecule has 0 radical (unpaired) electrons. The first-order chi connectivity index (χ1) is 6.57. The zero-order chi connectivity index (χ0) is 10.7. The summed E-state index contributed by atoms with van der Waals surface area (Å²) < 4.78 is 0.341. The summed E-state index contributed by atoms with van der Waals surface area (Å²) in [6, 6.07) is 0. The first-order valence-corrected chi connectivity index (χ1v) is 3.86. The summed E-state index contributed by atoms with van der Waals surface area (Å²) in [6.07, 6.45) is 0. The summed E-state index contributed by atoms with van der Waals surface area (Å²) in [7, 11) is 0. The highest BCUT2D eigenvalue weighted by Crippen LogP contribution is 2.15. The first-order valence-electron chi connectivity index (χ1n) is 3.86. The second-order valence-electron chi connectivity index (χ2n) is 2.56. The molecule has 14 heavy (non-hydrogen) atoms. The standard InChI is InChI=1S/C6H12N6O2/c7-3-5(9)12(14)6(4(8)11-3)10-1-2-13/h10,13H,1-2,9H2,(H4,7,8,11). The Morgan fingerprint density at radius 3 is 2.57 bits per heavy atom. The summed E-state index contributed by atoms with van der Waals surface area (Å²) in [4.78, 5) is 3.65. The normalized spacial score (nSPS) is 10.1. The topological polar surface area (TPSA) is 150 Å². The molecule has 0 aliphatic carbocycles. The van der Waals surface area contributed by atoms with Gasteiger partial charge in [0.25, 0.3) is 11.6 Å². The van der Waals surface area contributed by atoms with E-state index in [1.807, 2.05) is 0 Å². The molecule has 0 atom stereocenters. The maximum atomic E-state index is 11.4. The fourth-order valence-electron chi connectivity index (χ4n) is 0.905. The van der Waals surface area contributed by atoms with Crippen LogP contribution in [0.2, 0.25) is 0 Å². The predicted molar refractivity (Wildman–Crippen MR) is 52.0 cm³/mol. The van der Waals surface area contributed by atoms with Gasteiger partial charge in [0.05, 0.1) is 13.2 Å². The van der Waals surface area contributed by atoms with E-state index in [2.05, 4.69) is 10.3 Å². The van der Waals surface area contributed by atoms with Crippen LogP contribution in [0.4, 0.5) is 23.3 Å². The molecule has 78 valence electrons. The zero-order valence-electron chi connectivity index (χ0n) is 7.40. The van der Waals surface area contributed by atoms with Gasteiger partial charge in [-0.05, 0) is 0 Å². The van der Waals surface area contributed by atoms with Crippen molar-refractivity contribution in [2.24, 2.45) is 0 Å². The maximum absolute atomic E-state index is 11.4. The number of rotatable bonds is 3. The monoisotopic (exact) mass is 200 g/mol. The molecule has 0 aliphatic heterocycles. The lowest BCUT2D eigenvalue weighted by Gasteiger charge is -2.15. The smallest absolute Gasteiger partial charge is 0.265 e. The number of anilines is 4. The molecule has 8 heteroatoms. The Bertz CT molecular complexity index is 342. The molecule has 0 fully saturated rings. The highest BCUT2D eigenvalue weighted by Gasteiger charge is 2.13. The van der Waals surface area contributed by atoms with Crippen LogP contribution < -0.4 is 27.2 Å². The quantitative estimate of drug-likeness (QED) is 0.276. The van der Waals surface area contributed by atoms with Crippen molar-refractivity contribution in [3.05, 3.63) is 5.21 Å². The van der Waals surface area contributed by atoms with Gasteiger partial charge in [0.15, 0.2) is 11.6 Å². The molecular weight excluding hydrogens is 188 g/mol. The van der Waals surface area contributed by atoms with Crippen molar-refractivity contribution >= 4 is 23.3 Å². The van der Waals surface area contributed by atoms with Crippen LogP contribution >= 0.6 is 0 Å². The average Bonchev–Trinajstić information content (AvgIpc) is 2.14. The summed E-state index contributed by atoms with van der Waals surface area (Å²) >= 11 is 0. The molecule has 0 bridgehead atoms. The minimum Gasteiger partial charge on any atom is -0.740 e. The molecule has 1 rings (SSSR count). The van der Waals surface area contributed by atoms with Crippen LogP contribution in [0.15, 0.2) is 0 Å². The summed E-state index contributed by atoms with van der Waals surface area (Å²) in [5.74, 6) is -0.405. The van der Waals surface area contributed by atoms with E-state index in [1.54, 1.807) is 0 Å². The summed E-state index contributed by atoms with van der Waals surface area (Å²) in [5.41, 5.74) is 16.1. The van der Waals surface area contributed by atoms with Crippen molar-refractivity contribution in [3.8, 4) is 0 Å². The molecule has 0 saturated carbocycles. The van der Waals surface area contributed by atoms with Gasteiger partial charge in [0, 0.05) is 0 Å². The lowest BCUT2D eigenvalue weighted by Crippen LogP contribution is -2.37. The number of aromatic nitrogens is 2. The molecule has 0 aromatic carbocycles. The number of nitrogens with two attached hydrogens (primary N) is 3. The fourth-order valence-corrected chi connectivity index (χ4v) is 0.905. The minimum atomic E-state index is -0.223. The van der Waals surface area contributed by atoms with Crippen LogP contribution in [-0.2, 0) is 0 Å². The summed E-state index contributed by atoms with van der Waals surface area (Å²) in [5, 5.41) is 22.5. The molecular formula is C6H12N6O2. The van der Waals surface area contributed by atoms with Gasteiger partial charge in [-0.15, -0.1) is 0 Å². The third-order valence-electron chi connectivity index (χ3n) is 1.57. The Labute approximate surface area is 79.9 Å². The van der Waals surface area contributed by atoms with E-state index in [0.29, 0.717) is 4.73 Å². The highest BCUT2D eigenvalue weighted by atomic mass is 16.5. The number of nitrogens with zero attached hydrogens (tertiary/aromatic N) is 2. The van der Waals surface area contributed by atoms with Crippen LogP contribution in [0.3, 0.4) is 0 Å². The molecule has 8 nitrogen and oxygen atoms in total. The van der Waals surface area contributed by atoms with Gasteiger partial charge in [-0.2, -0.15) is 0 Å². The molecule has 1 aromatic rings. The first kappa shape index (κ1) is 10.1. The predicted octanol–water partition coefficient (Wildman–Crippen LogP) is -2.13. The van der Waals surface area contributed by atoms with Crippen LogP contribution in [-0.4, -0.2) is 23.2 Å². The van der Waals surface area contributed by atoms with E-state index in [1.165, 1.54) is 0 Å². The Balaban J connectivity index is 3.09. The number of nitrogens with one attached hydrogen (secondary N) is 1. The van der Waals surface area contributed by atoms with Gasteiger partial charge in [0.2, 0.25) is 0 Å². The molecule has 0 spiro atoms. The van der Waals surface area contributed by atoms with Crippen LogP contribution in [0, 0.1) is 5.21 Å². The molecule has 0 saturated heterocycles. The number of hydrogen-bond acceptors (Lipinski definition) is 7. The number of aliphatic hydroxyl groups excluding tert-OH is 1. The second kappa shape index (κ2) is 3.83. The Hall–Kier alpha value is -1.96. The van der Waals surface area contributed by atoms with Crippen molar-refractivity contribution in [2.75, 3.05) is 35.7 Å². The summed E-state index contributed by atoms with van der Waals surface area (Å²) in [6.45, 7) is 0.0429. The largest absolute Gasteiger partial charge is 0.740 e. The average molecular weight is 200 g/mol. The van der Waals surface area contributed by atoms with Gasteiger partial charge in [-0.3, -0.25) is 5.32 Å². The van der Waals surface area contributed by atoms with E-state index in [9.17, 15) is 5.21 Å². The van der Waals surface area contributed by atoms with Crippen molar-refractivity contribution in [2.45, 2.75) is 0 Å². The van der Waals surface area contributed by atoms with Crippen molar-refractivity contribution < 1.29 is 9.84 Å². The number of aliphatic hydroxyl groups is 1. The third kappa shape index (κ3) is 1.69. The van der Waals surface area contributed by atoms with Crippen molar-refractivity contribution in [1.82, 2.24) is 4.98 Å². The molecule has 1 heterocycles. The van der Waals surface area contributed by atoms with E-state index < -0.39 is 0 Å². The number of hydrogen-bond donors (Lipinski definition) is 5. The maximum Gasteiger partial charge on any atom is 0.265 e. The van der Waals surface area contributed by atoms with E-state index >= 15 is 0 Å². The van der Waals surface area contributed by atoms with Gasteiger partial charge < -0.3 is 27.5 Å². The van der Waals surface area contributed by atoms with E-state index in [-0.39, 0.29) is 36.4 Å². The van der Waals surface area contributed by atoms with E-state index in [4.69, 9.17) is 22.3 Å². The second-order valence-corrected chi connectivity index (χ2v) is 2.56. The van der Waals surface area contributed by atoms with Crippen molar-refractivity contribution in [3.63, 3.8) is 0 Å². The van der Waals surface area contributed by atoms with Crippen molar-refractivity contribution in [1.29, 1.82) is 0 Å². The van der Waals surface area contributed by atoms with Crippen LogP contribution in [0.1, 0.15) is 0 Å². The zero-order valence-corrected chi connectivity index (χ0v) is 7.40. The third-order valence-corrected chi connectivity index (χ3v) is 1.57. The Morgan fingerprint density at radius 1 is 1.36 bits per heavy atom. The fraction of sp³-hybridized carbons (Fsp3) is 0.333. The van der Waals surface area contributed by atoms with Gasteiger partial charge in [-0.25, -0.2) is 9.71 Å². The molecule has 0 unspecified atom stereocenters. The van der Waals surface area contributed by atoms with Crippen LogP contribution in [0.25, 0.3) is 0 Å². The molecule has 1 aromatic heterocycles.